The predicted molar refractivity (Wildman–Crippen MR) is 45.9 cm³/mol. The Labute approximate surface area is 72.8 Å². The van der Waals surface area contributed by atoms with Crippen LogP contribution in [0.25, 0.3) is 0 Å². The summed E-state index contributed by atoms with van der Waals surface area (Å²) in [7, 11) is 0. The molecule has 0 aromatic rings. The Morgan fingerprint density at radius 1 is 1.42 bits per heavy atom. The molecule has 1 rings (SSSR count). The van der Waals surface area contributed by atoms with Gasteiger partial charge in [-0.05, 0) is 13.3 Å². The number of amides is 2. The quantitative estimate of drug-likeness (QED) is 0.655. The monoisotopic (exact) mass is 172 g/mol. The molecule has 1 heterocycles. The van der Waals surface area contributed by atoms with Gasteiger partial charge in [0, 0.05) is 32.8 Å². The summed E-state index contributed by atoms with van der Waals surface area (Å²) in [6, 6.07) is 0.117. The van der Waals surface area contributed by atoms with E-state index >= 15 is 0 Å². The van der Waals surface area contributed by atoms with Gasteiger partial charge >= 0.3 is 6.03 Å². The van der Waals surface area contributed by atoms with Crippen molar-refractivity contribution in [3.8, 4) is 0 Å². The average molecular weight is 172 g/mol. The van der Waals surface area contributed by atoms with Crippen molar-refractivity contribution >= 4 is 6.03 Å². The van der Waals surface area contributed by atoms with Crippen LogP contribution in [-0.2, 0) is 0 Å². The van der Waals surface area contributed by atoms with Crippen molar-refractivity contribution in [1.82, 2.24) is 9.80 Å². The molecule has 0 spiro atoms. The van der Waals surface area contributed by atoms with Crippen LogP contribution in [0.15, 0.2) is 0 Å². The second-order valence-electron chi connectivity index (χ2n) is 2.93. The lowest BCUT2D eigenvalue weighted by molar-refractivity contribution is 0.188. The second-order valence-corrected chi connectivity index (χ2v) is 2.93. The van der Waals surface area contributed by atoms with Crippen LogP contribution in [-0.4, -0.2) is 53.7 Å². The van der Waals surface area contributed by atoms with E-state index in [0.717, 1.165) is 19.6 Å². The van der Waals surface area contributed by atoms with Crippen LogP contribution in [0.1, 0.15) is 13.3 Å². The largest absolute Gasteiger partial charge is 0.396 e. The topological polar surface area (TPSA) is 43.8 Å². The molecule has 1 saturated heterocycles. The summed E-state index contributed by atoms with van der Waals surface area (Å²) in [5.74, 6) is 0. The number of carbonyl (C=O) groups is 1. The van der Waals surface area contributed by atoms with Crippen LogP contribution < -0.4 is 0 Å². The first kappa shape index (κ1) is 9.32. The number of rotatable bonds is 4. The number of likely N-dealkylation sites (N-methyl/N-ethyl adjacent to an activating group) is 1. The third-order valence-corrected chi connectivity index (χ3v) is 2.15. The Balaban J connectivity index is 2.33. The molecule has 1 fully saturated rings. The molecule has 0 aromatic heterocycles. The van der Waals surface area contributed by atoms with E-state index in [1.54, 1.807) is 4.90 Å². The van der Waals surface area contributed by atoms with Gasteiger partial charge in [0.25, 0.3) is 0 Å². The van der Waals surface area contributed by atoms with Gasteiger partial charge in [-0.3, -0.25) is 0 Å². The van der Waals surface area contributed by atoms with Crippen molar-refractivity contribution in [2.24, 2.45) is 0 Å². The highest BCUT2D eigenvalue weighted by molar-refractivity contribution is 5.76. The maximum atomic E-state index is 11.4. The number of urea groups is 1. The van der Waals surface area contributed by atoms with E-state index in [1.807, 2.05) is 11.8 Å². The normalized spacial score (nSPS) is 17.7. The minimum atomic E-state index is 0.117. The first-order valence-electron chi connectivity index (χ1n) is 4.44. The van der Waals surface area contributed by atoms with Crippen LogP contribution in [0.3, 0.4) is 0 Å². The summed E-state index contributed by atoms with van der Waals surface area (Å²) in [4.78, 5) is 15.0. The maximum Gasteiger partial charge on any atom is 0.320 e. The zero-order valence-electron chi connectivity index (χ0n) is 7.49. The molecule has 1 aliphatic rings. The Kier molecular flexibility index (Phi) is 3.34. The van der Waals surface area contributed by atoms with Gasteiger partial charge in [-0.2, -0.15) is 0 Å². The fourth-order valence-corrected chi connectivity index (χ4v) is 1.40. The van der Waals surface area contributed by atoms with E-state index in [9.17, 15) is 4.79 Å². The van der Waals surface area contributed by atoms with Crippen molar-refractivity contribution in [3.63, 3.8) is 0 Å². The van der Waals surface area contributed by atoms with Gasteiger partial charge in [0.15, 0.2) is 0 Å². The minimum Gasteiger partial charge on any atom is -0.396 e. The fourth-order valence-electron chi connectivity index (χ4n) is 1.40. The van der Waals surface area contributed by atoms with Crippen LogP contribution >= 0.6 is 0 Å². The molecule has 0 saturated carbocycles. The van der Waals surface area contributed by atoms with E-state index in [0.29, 0.717) is 13.0 Å². The summed E-state index contributed by atoms with van der Waals surface area (Å²) in [6.45, 7) is 5.26. The van der Waals surface area contributed by atoms with E-state index in [1.165, 1.54) is 0 Å². The molecule has 0 aliphatic carbocycles. The van der Waals surface area contributed by atoms with Crippen molar-refractivity contribution in [3.05, 3.63) is 0 Å². The summed E-state index contributed by atoms with van der Waals surface area (Å²) in [6.07, 6.45) is 0.684. The van der Waals surface area contributed by atoms with Crippen LogP contribution in [0.2, 0.25) is 0 Å². The van der Waals surface area contributed by atoms with Gasteiger partial charge in [-0.15, -0.1) is 0 Å². The summed E-state index contributed by atoms with van der Waals surface area (Å²) in [5.41, 5.74) is 0. The lowest BCUT2D eigenvalue weighted by Crippen LogP contribution is -2.32. The zero-order chi connectivity index (χ0) is 8.97. The lowest BCUT2D eigenvalue weighted by Gasteiger charge is -2.16. The molecule has 70 valence electrons. The van der Waals surface area contributed by atoms with E-state index in [4.69, 9.17) is 5.11 Å². The van der Waals surface area contributed by atoms with Crippen molar-refractivity contribution in [2.45, 2.75) is 13.3 Å². The van der Waals surface area contributed by atoms with Gasteiger partial charge < -0.3 is 14.9 Å². The number of aliphatic hydroxyl groups is 1. The molecular formula is C8H16N2O2. The fraction of sp³-hybridized carbons (Fsp3) is 0.875. The molecule has 0 atom stereocenters. The molecule has 1 aliphatic heterocycles. The average Bonchev–Trinajstić information content (AvgIpc) is 2.43. The second kappa shape index (κ2) is 4.30. The highest BCUT2D eigenvalue weighted by atomic mass is 16.3. The Morgan fingerprint density at radius 3 is 2.58 bits per heavy atom. The Morgan fingerprint density at radius 2 is 2.08 bits per heavy atom. The van der Waals surface area contributed by atoms with Crippen LogP contribution in [0.5, 0.6) is 0 Å². The molecular weight excluding hydrogens is 156 g/mol. The van der Waals surface area contributed by atoms with Gasteiger partial charge in [0.1, 0.15) is 0 Å². The van der Waals surface area contributed by atoms with Crippen LogP contribution in [0, 0.1) is 0 Å². The first-order valence-corrected chi connectivity index (χ1v) is 4.44. The number of carbonyl (C=O) groups excluding carboxylic acids is 1. The van der Waals surface area contributed by atoms with E-state index < -0.39 is 0 Å². The maximum absolute atomic E-state index is 11.4. The third-order valence-electron chi connectivity index (χ3n) is 2.15. The lowest BCUT2D eigenvalue weighted by atomic mass is 10.4. The highest BCUT2D eigenvalue weighted by Gasteiger charge is 2.25. The molecule has 0 unspecified atom stereocenters. The molecule has 0 radical (unpaired) electrons. The first-order chi connectivity index (χ1) is 5.79. The van der Waals surface area contributed by atoms with E-state index in [-0.39, 0.29) is 12.6 Å². The number of hydrogen-bond acceptors (Lipinski definition) is 2. The molecule has 0 aromatic carbocycles. The molecule has 1 N–H and O–H groups in total. The van der Waals surface area contributed by atoms with Gasteiger partial charge in [0.05, 0.1) is 0 Å². The predicted octanol–water partition coefficient (Wildman–Crippen LogP) is 0.126. The van der Waals surface area contributed by atoms with Gasteiger partial charge in [-0.25, -0.2) is 4.79 Å². The molecule has 4 heteroatoms. The van der Waals surface area contributed by atoms with Crippen molar-refractivity contribution in [2.75, 3.05) is 32.8 Å². The summed E-state index contributed by atoms with van der Waals surface area (Å²) < 4.78 is 0. The summed E-state index contributed by atoms with van der Waals surface area (Å²) >= 11 is 0. The number of hydrogen-bond donors (Lipinski definition) is 1. The number of aliphatic hydroxyl groups excluding tert-OH is 1. The smallest absolute Gasteiger partial charge is 0.320 e. The Hall–Kier alpha value is -0.770. The molecule has 2 amide bonds. The zero-order valence-corrected chi connectivity index (χ0v) is 7.49. The molecule has 4 nitrogen and oxygen atoms in total. The van der Waals surface area contributed by atoms with Crippen LogP contribution in [0.4, 0.5) is 4.79 Å². The standard InChI is InChI=1S/C8H16N2O2/c1-2-9-5-6-10(8(9)12)4-3-7-11/h11H,2-7H2,1H3. The van der Waals surface area contributed by atoms with Crippen molar-refractivity contribution < 1.29 is 9.90 Å². The Bertz CT molecular complexity index is 161. The highest BCUT2D eigenvalue weighted by Crippen LogP contribution is 2.07. The minimum absolute atomic E-state index is 0.117. The molecule has 12 heavy (non-hydrogen) atoms. The molecule has 0 bridgehead atoms. The van der Waals surface area contributed by atoms with Gasteiger partial charge in [-0.1, -0.05) is 0 Å². The summed E-state index contributed by atoms with van der Waals surface area (Å²) in [5, 5.41) is 8.58. The van der Waals surface area contributed by atoms with Gasteiger partial charge in [0.2, 0.25) is 0 Å². The van der Waals surface area contributed by atoms with E-state index in [2.05, 4.69) is 0 Å². The SMILES string of the molecule is CCN1CCN(CCCO)C1=O. The number of nitrogens with zero attached hydrogens (tertiary/aromatic N) is 2. The third kappa shape index (κ3) is 1.88. The van der Waals surface area contributed by atoms with Crippen molar-refractivity contribution in [1.29, 1.82) is 0 Å².